The lowest BCUT2D eigenvalue weighted by atomic mass is 10.2. The summed E-state index contributed by atoms with van der Waals surface area (Å²) in [5, 5.41) is 2.43. The monoisotopic (exact) mass is 372 g/mol. The zero-order chi connectivity index (χ0) is 19.2. The number of amides is 1. The minimum atomic E-state index is -0.663. The lowest BCUT2D eigenvalue weighted by Gasteiger charge is -2.09. The predicted molar refractivity (Wildman–Crippen MR) is 95.1 cm³/mol. The van der Waals surface area contributed by atoms with Crippen LogP contribution < -0.4 is 15.8 Å². The van der Waals surface area contributed by atoms with Gasteiger partial charge in [-0.3, -0.25) is 9.78 Å². The van der Waals surface area contributed by atoms with Crippen molar-refractivity contribution in [2.24, 2.45) is 10.7 Å². The summed E-state index contributed by atoms with van der Waals surface area (Å²) in [4.78, 5) is 27.8. The molecule has 0 bridgehead atoms. The molecule has 27 heavy (non-hydrogen) atoms. The average Bonchev–Trinajstić information content (AvgIpc) is 2.63. The first-order valence-corrected chi connectivity index (χ1v) is 7.51. The van der Waals surface area contributed by atoms with Crippen LogP contribution in [0.2, 0.25) is 0 Å². The Hall–Kier alpha value is -3.95. The number of pyridine rings is 3. The van der Waals surface area contributed by atoms with Gasteiger partial charge in [-0.25, -0.2) is 23.7 Å². The summed E-state index contributed by atoms with van der Waals surface area (Å²) in [7, 11) is 0. The highest BCUT2D eigenvalue weighted by Crippen LogP contribution is 2.26. The zero-order valence-corrected chi connectivity index (χ0v) is 13.6. The number of hydrogen-bond acceptors (Lipinski definition) is 6. The van der Waals surface area contributed by atoms with E-state index in [1.54, 1.807) is 0 Å². The first-order chi connectivity index (χ1) is 13.0. The maximum atomic E-state index is 13.3. The number of rotatable bonds is 5. The van der Waals surface area contributed by atoms with Crippen molar-refractivity contribution in [1.82, 2.24) is 15.0 Å². The van der Waals surface area contributed by atoms with Crippen LogP contribution in [0.15, 0.2) is 54.0 Å². The number of hydrogen-bond donors (Lipinski definition) is 2. The summed E-state index contributed by atoms with van der Waals surface area (Å²) < 4.78 is 31.9. The van der Waals surface area contributed by atoms with E-state index in [2.05, 4.69) is 25.3 Å². The lowest BCUT2D eigenvalue weighted by Crippen LogP contribution is -2.14. The number of nitrogens with two attached hydrogens (primary N) is 1. The van der Waals surface area contributed by atoms with Gasteiger partial charge in [-0.1, -0.05) is 0 Å². The molecule has 0 aromatic carbocycles. The van der Waals surface area contributed by atoms with Gasteiger partial charge in [-0.2, -0.15) is 0 Å². The molecule has 3 aromatic heterocycles. The van der Waals surface area contributed by atoms with E-state index in [1.165, 1.54) is 24.7 Å². The van der Waals surface area contributed by atoms with Crippen molar-refractivity contribution in [2.45, 2.75) is 0 Å². The smallest absolute Gasteiger partial charge is 0.260 e. The third kappa shape index (κ3) is 4.57. The van der Waals surface area contributed by atoms with Gasteiger partial charge in [0.25, 0.3) is 5.91 Å². The van der Waals surface area contributed by atoms with Crippen molar-refractivity contribution < 1.29 is 19.7 Å². The quantitative estimate of drug-likeness (QED) is 0.525. The SMILES string of the molecule is N/C=N\c1ncc(Oc2cncc(F)c2)cc1C(=O)Nc1cc(F)ccn1.[HH]. The molecule has 0 saturated carbocycles. The van der Waals surface area contributed by atoms with Crippen LogP contribution in [0, 0.1) is 11.6 Å². The van der Waals surface area contributed by atoms with Gasteiger partial charge in [-0.15, -0.1) is 0 Å². The topological polar surface area (TPSA) is 115 Å². The molecule has 138 valence electrons. The Labute approximate surface area is 153 Å². The Morgan fingerprint density at radius 2 is 1.96 bits per heavy atom. The number of halogens is 2. The van der Waals surface area contributed by atoms with Crippen molar-refractivity contribution in [3.63, 3.8) is 0 Å². The van der Waals surface area contributed by atoms with Crippen LogP contribution in [0.5, 0.6) is 11.5 Å². The van der Waals surface area contributed by atoms with E-state index in [0.29, 0.717) is 0 Å². The van der Waals surface area contributed by atoms with Crippen LogP contribution >= 0.6 is 0 Å². The number of ether oxygens (including phenoxy) is 1. The van der Waals surface area contributed by atoms with Crippen molar-refractivity contribution in [3.05, 3.63) is 66.3 Å². The first-order valence-electron chi connectivity index (χ1n) is 7.51. The van der Waals surface area contributed by atoms with Crippen molar-refractivity contribution in [1.29, 1.82) is 0 Å². The molecule has 0 aliphatic rings. The van der Waals surface area contributed by atoms with E-state index in [0.717, 1.165) is 30.7 Å². The summed E-state index contributed by atoms with van der Waals surface area (Å²) in [5.74, 6) is -1.54. The highest BCUT2D eigenvalue weighted by molar-refractivity contribution is 6.07. The summed E-state index contributed by atoms with van der Waals surface area (Å²) in [6, 6.07) is 4.64. The fourth-order valence-electron chi connectivity index (χ4n) is 2.08. The molecule has 0 saturated heterocycles. The number of carbonyl (C=O) groups is 1. The van der Waals surface area contributed by atoms with E-state index >= 15 is 0 Å². The molecule has 0 fully saturated rings. The minimum absolute atomic E-state index is 0. The van der Waals surface area contributed by atoms with Gasteiger partial charge in [0.1, 0.15) is 29.0 Å². The standard InChI is InChI=1S/C17H12F2N6O2.H2/c18-10-1-2-22-15(4-10)25-17(26)14-5-13(8-23-16(14)24-9-20)27-12-3-11(19)6-21-7-12;/h1-9H,(H2,20,23,24)(H,22,25,26);1H. The Morgan fingerprint density at radius 1 is 1.15 bits per heavy atom. The molecular weight excluding hydrogens is 358 g/mol. The van der Waals surface area contributed by atoms with Crippen LogP contribution in [0.25, 0.3) is 0 Å². The van der Waals surface area contributed by atoms with Crippen LogP contribution in [-0.4, -0.2) is 27.2 Å². The van der Waals surface area contributed by atoms with Gasteiger partial charge in [0.2, 0.25) is 0 Å². The minimum Gasteiger partial charge on any atom is -0.454 e. The molecule has 0 spiro atoms. The fourth-order valence-corrected chi connectivity index (χ4v) is 2.08. The lowest BCUT2D eigenvalue weighted by molar-refractivity contribution is 0.102. The van der Waals surface area contributed by atoms with Crippen molar-refractivity contribution in [2.75, 3.05) is 5.32 Å². The number of aliphatic imine (C=N–C) groups is 1. The number of anilines is 1. The third-order valence-corrected chi connectivity index (χ3v) is 3.16. The number of nitrogens with zero attached hydrogens (tertiary/aromatic N) is 4. The Bertz CT molecular complexity index is 1020. The molecule has 0 atom stereocenters. The number of nitrogens with one attached hydrogen (secondary N) is 1. The van der Waals surface area contributed by atoms with Gasteiger partial charge < -0.3 is 15.8 Å². The first kappa shape index (κ1) is 17.9. The molecule has 0 radical (unpaired) electrons. The van der Waals surface area contributed by atoms with E-state index < -0.39 is 17.5 Å². The second kappa shape index (κ2) is 7.95. The van der Waals surface area contributed by atoms with Gasteiger partial charge >= 0.3 is 0 Å². The van der Waals surface area contributed by atoms with Crippen LogP contribution in [-0.2, 0) is 0 Å². The van der Waals surface area contributed by atoms with Gasteiger partial charge in [-0.05, 0) is 12.1 Å². The molecule has 3 rings (SSSR count). The van der Waals surface area contributed by atoms with E-state index in [1.807, 2.05) is 0 Å². The van der Waals surface area contributed by atoms with Crippen molar-refractivity contribution >= 4 is 23.9 Å². The highest BCUT2D eigenvalue weighted by Gasteiger charge is 2.16. The van der Waals surface area contributed by atoms with Crippen LogP contribution in [0.4, 0.5) is 20.4 Å². The molecule has 1 amide bonds. The van der Waals surface area contributed by atoms with Crippen LogP contribution in [0.3, 0.4) is 0 Å². The fraction of sp³-hybridized carbons (Fsp3) is 0. The molecule has 3 aromatic rings. The van der Waals surface area contributed by atoms with Crippen LogP contribution in [0.1, 0.15) is 11.8 Å². The summed E-state index contributed by atoms with van der Waals surface area (Å²) in [6.07, 6.45) is 5.78. The van der Waals surface area contributed by atoms with Gasteiger partial charge in [0.15, 0.2) is 5.82 Å². The largest absolute Gasteiger partial charge is 0.454 e. The Morgan fingerprint density at radius 3 is 2.70 bits per heavy atom. The summed E-state index contributed by atoms with van der Waals surface area (Å²) in [6.45, 7) is 0. The average molecular weight is 372 g/mol. The molecule has 10 heteroatoms. The molecule has 0 aliphatic heterocycles. The summed E-state index contributed by atoms with van der Waals surface area (Å²) in [5.41, 5.74) is 5.26. The van der Waals surface area contributed by atoms with E-state index in [9.17, 15) is 13.6 Å². The predicted octanol–water partition coefficient (Wildman–Crippen LogP) is 3.06. The van der Waals surface area contributed by atoms with Gasteiger partial charge in [0, 0.05) is 19.8 Å². The summed E-state index contributed by atoms with van der Waals surface area (Å²) >= 11 is 0. The molecule has 3 N–H and O–H groups in total. The number of carbonyl (C=O) groups excluding carboxylic acids is 1. The molecule has 0 unspecified atom stereocenters. The van der Waals surface area contributed by atoms with E-state index in [4.69, 9.17) is 10.5 Å². The second-order valence-electron chi connectivity index (χ2n) is 5.07. The maximum absolute atomic E-state index is 13.3. The molecular formula is C17H14F2N6O2. The molecule has 8 nitrogen and oxygen atoms in total. The van der Waals surface area contributed by atoms with Crippen molar-refractivity contribution in [3.8, 4) is 11.5 Å². The third-order valence-electron chi connectivity index (χ3n) is 3.16. The number of aromatic nitrogens is 3. The highest BCUT2D eigenvalue weighted by atomic mass is 19.1. The Kier molecular flexibility index (Phi) is 5.26. The molecule has 0 aliphatic carbocycles. The Balaban J connectivity index is 0.00000280. The van der Waals surface area contributed by atoms with Gasteiger partial charge in [0.05, 0.1) is 30.5 Å². The zero-order valence-electron chi connectivity index (χ0n) is 13.6. The maximum Gasteiger partial charge on any atom is 0.260 e. The normalized spacial score (nSPS) is 10.7. The van der Waals surface area contributed by atoms with E-state index in [-0.39, 0.29) is 30.1 Å². The second-order valence-corrected chi connectivity index (χ2v) is 5.07. The molecule has 3 heterocycles.